The van der Waals surface area contributed by atoms with Crippen LogP contribution in [0, 0.1) is 17.3 Å². The lowest BCUT2D eigenvalue weighted by Crippen LogP contribution is -2.48. The zero-order valence-corrected chi connectivity index (χ0v) is 13.2. The Morgan fingerprint density at radius 3 is 2.45 bits per heavy atom. The zero-order valence-electron chi connectivity index (χ0n) is 13.2. The molecule has 1 unspecified atom stereocenters. The van der Waals surface area contributed by atoms with Crippen molar-refractivity contribution in [1.29, 1.82) is 0 Å². The lowest BCUT2D eigenvalue weighted by atomic mass is 9.74. The standard InChI is InChI=1S/C15H29N3O2/c1-11(2)13(19)17-8-9-18-14(20)15(3,4)12-6-5-7-16-10-12/h11-12,16H,5-10H2,1-4H3,(H,17,19)(H,18,20). The van der Waals surface area contributed by atoms with Crippen molar-refractivity contribution in [3.8, 4) is 0 Å². The molecule has 1 fully saturated rings. The highest BCUT2D eigenvalue weighted by Gasteiger charge is 2.36. The SMILES string of the molecule is CC(C)C(=O)NCCNC(=O)C(C)(C)C1CCCNC1. The summed E-state index contributed by atoms with van der Waals surface area (Å²) in [7, 11) is 0. The quantitative estimate of drug-likeness (QED) is 0.634. The smallest absolute Gasteiger partial charge is 0.226 e. The summed E-state index contributed by atoms with van der Waals surface area (Å²) in [5.74, 6) is 0.456. The number of carbonyl (C=O) groups is 2. The van der Waals surface area contributed by atoms with Gasteiger partial charge in [0.2, 0.25) is 11.8 Å². The van der Waals surface area contributed by atoms with Gasteiger partial charge in [-0.25, -0.2) is 0 Å². The summed E-state index contributed by atoms with van der Waals surface area (Å²) in [6, 6.07) is 0. The van der Waals surface area contributed by atoms with Crippen LogP contribution in [0.1, 0.15) is 40.5 Å². The lowest BCUT2D eigenvalue weighted by Gasteiger charge is -2.36. The van der Waals surface area contributed by atoms with Crippen molar-refractivity contribution in [1.82, 2.24) is 16.0 Å². The fraction of sp³-hybridized carbons (Fsp3) is 0.867. The van der Waals surface area contributed by atoms with E-state index in [4.69, 9.17) is 0 Å². The summed E-state index contributed by atoms with van der Waals surface area (Å²) < 4.78 is 0. The van der Waals surface area contributed by atoms with Crippen LogP contribution in [0.25, 0.3) is 0 Å². The van der Waals surface area contributed by atoms with Gasteiger partial charge in [-0.15, -0.1) is 0 Å². The molecule has 0 aliphatic carbocycles. The van der Waals surface area contributed by atoms with Crippen LogP contribution in [-0.4, -0.2) is 38.0 Å². The van der Waals surface area contributed by atoms with Gasteiger partial charge in [0, 0.05) is 24.4 Å². The summed E-state index contributed by atoms with van der Waals surface area (Å²) >= 11 is 0. The molecule has 1 saturated heterocycles. The minimum absolute atomic E-state index is 0.0181. The molecule has 3 N–H and O–H groups in total. The van der Waals surface area contributed by atoms with Crippen molar-refractivity contribution in [2.75, 3.05) is 26.2 Å². The first-order valence-corrected chi connectivity index (χ1v) is 7.62. The van der Waals surface area contributed by atoms with E-state index in [1.54, 1.807) is 0 Å². The third-order valence-electron chi connectivity index (χ3n) is 4.14. The highest BCUT2D eigenvalue weighted by molar-refractivity contribution is 5.82. The topological polar surface area (TPSA) is 70.2 Å². The van der Waals surface area contributed by atoms with E-state index in [9.17, 15) is 9.59 Å². The summed E-state index contributed by atoms with van der Waals surface area (Å²) in [5, 5.41) is 9.09. The van der Waals surface area contributed by atoms with Gasteiger partial charge in [0.15, 0.2) is 0 Å². The minimum Gasteiger partial charge on any atom is -0.354 e. The van der Waals surface area contributed by atoms with E-state index in [0.717, 1.165) is 25.9 Å². The normalized spacial score (nSPS) is 19.8. The van der Waals surface area contributed by atoms with Crippen molar-refractivity contribution in [3.63, 3.8) is 0 Å². The van der Waals surface area contributed by atoms with Crippen molar-refractivity contribution in [2.45, 2.75) is 40.5 Å². The summed E-state index contributed by atoms with van der Waals surface area (Å²) in [6.45, 7) is 10.7. The van der Waals surface area contributed by atoms with Crippen LogP contribution in [0.3, 0.4) is 0 Å². The second-order valence-electron chi connectivity index (χ2n) is 6.47. The van der Waals surface area contributed by atoms with Crippen LogP contribution in [-0.2, 0) is 9.59 Å². The lowest BCUT2D eigenvalue weighted by molar-refractivity contribution is -0.132. The van der Waals surface area contributed by atoms with E-state index in [1.807, 2.05) is 27.7 Å². The van der Waals surface area contributed by atoms with E-state index >= 15 is 0 Å². The summed E-state index contributed by atoms with van der Waals surface area (Å²) in [6.07, 6.45) is 2.23. The van der Waals surface area contributed by atoms with Crippen LogP contribution >= 0.6 is 0 Å². The molecule has 116 valence electrons. The Bertz CT molecular complexity index is 334. The Balaban J connectivity index is 2.32. The van der Waals surface area contributed by atoms with E-state index in [-0.39, 0.29) is 23.1 Å². The fourth-order valence-corrected chi connectivity index (χ4v) is 2.45. The molecule has 0 spiro atoms. The molecule has 0 aromatic carbocycles. The zero-order chi connectivity index (χ0) is 15.2. The maximum absolute atomic E-state index is 12.3. The van der Waals surface area contributed by atoms with Gasteiger partial charge >= 0.3 is 0 Å². The molecule has 0 bridgehead atoms. The van der Waals surface area contributed by atoms with Gasteiger partial charge in [-0.2, -0.15) is 0 Å². The van der Waals surface area contributed by atoms with Gasteiger partial charge in [-0.05, 0) is 31.8 Å². The third kappa shape index (κ3) is 4.78. The summed E-state index contributed by atoms with van der Waals surface area (Å²) in [4.78, 5) is 23.7. The number of hydrogen-bond donors (Lipinski definition) is 3. The molecule has 1 atom stereocenters. The number of rotatable bonds is 6. The molecule has 1 aliphatic heterocycles. The highest BCUT2D eigenvalue weighted by Crippen LogP contribution is 2.31. The number of nitrogens with one attached hydrogen (secondary N) is 3. The summed E-state index contributed by atoms with van der Waals surface area (Å²) in [5.41, 5.74) is -0.366. The van der Waals surface area contributed by atoms with Crippen LogP contribution in [0.5, 0.6) is 0 Å². The highest BCUT2D eigenvalue weighted by atomic mass is 16.2. The predicted molar refractivity (Wildman–Crippen MR) is 80.2 cm³/mol. The first-order chi connectivity index (χ1) is 9.35. The molecule has 0 aromatic heterocycles. The van der Waals surface area contributed by atoms with Crippen LogP contribution in [0.4, 0.5) is 0 Å². The van der Waals surface area contributed by atoms with E-state index < -0.39 is 0 Å². The molecular formula is C15H29N3O2. The number of piperidine rings is 1. The first-order valence-electron chi connectivity index (χ1n) is 7.62. The first kappa shape index (κ1) is 17.0. The van der Waals surface area contributed by atoms with Gasteiger partial charge in [0.05, 0.1) is 0 Å². The van der Waals surface area contributed by atoms with Gasteiger partial charge in [-0.1, -0.05) is 27.7 Å². The molecule has 5 nitrogen and oxygen atoms in total. The van der Waals surface area contributed by atoms with E-state index in [0.29, 0.717) is 19.0 Å². The molecule has 0 aromatic rings. The molecule has 0 saturated carbocycles. The Labute approximate surface area is 122 Å². The molecule has 2 amide bonds. The molecule has 20 heavy (non-hydrogen) atoms. The molecule has 0 radical (unpaired) electrons. The van der Waals surface area contributed by atoms with Crippen molar-refractivity contribution in [2.24, 2.45) is 17.3 Å². The number of carbonyl (C=O) groups excluding carboxylic acids is 2. The Kier molecular flexibility index (Phi) is 6.46. The molecule has 1 rings (SSSR count). The minimum atomic E-state index is -0.366. The Morgan fingerprint density at radius 2 is 1.90 bits per heavy atom. The number of amides is 2. The second-order valence-corrected chi connectivity index (χ2v) is 6.47. The van der Waals surface area contributed by atoms with E-state index in [1.165, 1.54) is 0 Å². The maximum Gasteiger partial charge on any atom is 0.226 e. The van der Waals surface area contributed by atoms with Crippen molar-refractivity contribution in [3.05, 3.63) is 0 Å². The Morgan fingerprint density at radius 1 is 1.25 bits per heavy atom. The average Bonchev–Trinajstić information content (AvgIpc) is 2.43. The molecule has 1 heterocycles. The van der Waals surface area contributed by atoms with Crippen LogP contribution in [0.15, 0.2) is 0 Å². The van der Waals surface area contributed by atoms with Crippen LogP contribution < -0.4 is 16.0 Å². The van der Waals surface area contributed by atoms with Gasteiger partial charge in [0.25, 0.3) is 0 Å². The van der Waals surface area contributed by atoms with Crippen molar-refractivity contribution >= 4 is 11.8 Å². The van der Waals surface area contributed by atoms with Gasteiger partial charge in [0.1, 0.15) is 0 Å². The molecule has 1 aliphatic rings. The monoisotopic (exact) mass is 283 g/mol. The average molecular weight is 283 g/mol. The molecular weight excluding hydrogens is 254 g/mol. The van der Waals surface area contributed by atoms with Gasteiger partial charge in [-0.3, -0.25) is 9.59 Å². The van der Waals surface area contributed by atoms with E-state index in [2.05, 4.69) is 16.0 Å². The van der Waals surface area contributed by atoms with Gasteiger partial charge < -0.3 is 16.0 Å². The Hall–Kier alpha value is -1.10. The predicted octanol–water partition coefficient (Wildman–Crippen LogP) is 0.901. The number of hydrogen-bond acceptors (Lipinski definition) is 3. The largest absolute Gasteiger partial charge is 0.354 e. The third-order valence-corrected chi connectivity index (χ3v) is 4.14. The van der Waals surface area contributed by atoms with Crippen molar-refractivity contribution < 1.29 is 9.59 Å². The fourth-order valence-electron chi connectivity index (χ4n) is 2.45. The maximum atomic E-state index is 12.3. The van der Waals surface area contributed by atoms with Crippen LogP contribution in [0.2, 0.25) is 0 Å². The second kappa shape index (κ2) is 7.62. The molecule has 5 heteroatoms.